The molecule has 0 spiro atoms. The Hall–Kier alpha value is -1.86. The first-order valence-electron chi connectivity index (χ1n) is 8.50. The van der Waals surface area contributed by atoms with Crippen LogP contribution < -0.4 is 0 Å². The van der Waals surface area contributed by atoms with Crippen molar-refractivity contribution in [2.24, 2.45) is 5.92 Å². The van der Waals surface area contributed by atoms with Crippen LogP contribution in [0.1, 0.15) is 56.0 Å². The predicted octanol–water partition coefficient (Wildman–Crippen LogP) is 3.61. The number of hydrogen-bond acceptors (Lipinski definition) is 3. The number of morpholine rings is 1. The SMILES string of the molecule is CCCC[C@@H]1CN(C(=O)c2ccccc2C#N)C[C@H](C(C)C)O1. The molecule has 2 atom stereocenters. The van der Waals surface area contributed by atoms with Crippen molar-refractivity contribution < 1.29 is 9.53 Å². The fourth-order valence-electron chi connectivity index (χ4n) is 2.93. The van der Waals surface area contributed by atoms with E-state index in [4.69, 9.17) is 4.74 Å². The Morgan fingerprint density at radius 2 is 2.13 bits per heavy atom. The summed E-state index contributed by atoms with van der Waals surface area (Å²) in [6.07, 6.45) is 3.35. The average Bonchev–Trinajstić information content (AvgIpc) is 2.58. The van der Waals surface area contributed by atoms with E-state index in [-0.39, 0.29) is 18.1 Å². The topological polar surface area (TPSA) is 53.3 Å². The molecule has 1 aromatic carbocycles. The van der Waals surface area contributed by atoms with Gasteiger partial charge >= 0.3 is 0 Å². The molecule has 2 rings (SSSR count). The van der Waals surface area contributed by atoms with Crippen LogP contribution in [0.3, 0.4) is 0 Å². The predicted molar refractivity (Wildman–Crippen MR) is 90.1 cm³/mol. The molecule has 0 saturated carbocycles. The molecule has 1 saturated heterocycles. The van der Waals surface area contributed by atoms with Gasteiger partial charge in [0, 0.05) is 13.1 Å². The molecule has 1 aromatic rings. The first kappa shape index (κ1) is 17.5. The van der Waals surface area contributed by atoms with E-state index in [0.29, 0.717) is 30.1 Å². The zero-order chi connectivity index (χ0) is 16.8. The van der Waals surface area contributed by atoms with E-state index >= 15 is 0 Å². The molecule has 1 heterocycles. The molecule has 0 unspecified atom stereocenters. The van der Waals surface area contributed by atoms with E-state index in [2.05, 4.69) is 26.8 Å². The molecule has 0 bridgehead atoms. The lowest BCUT2D eigenvalue weighted by Gasteiger charge is -2.40. The highest BCUT2D eigenvalue weighted by Crippen LogP contribution is 2.23. The zero-order valence-electron chi connectivity index (χ0n) is 14.3. The van der Waals surface area contributed by atoms with Crippen molar-refractivity contribution in [3.63, 3.8) is 0 Å². The number of nitriles is 1. The Bertz CT molecular complexity index is 577. The van der Waals surface area contributed by atoms with Gasteiger partial charge in [-0.3, -0.25) is 4.79 Å². The molecule has 1 aliphatic heterocycles. The van der Waals surface area contributed by atoms with Gasteiger partial charge in [0.05, 0.1) is 29.4 Å². The molecule has 1 aliphatic rings. The van der Waals surface area contributed by atoms with E-state index < -0.39 is 0 Å². The highest BCUT2D eigenvalue weighted by Gasteiger charge is 2.32. The van der Waals surface area contributed by atoms with E-state index in [1.165, 1.54) is 0 Å². The smallest absolute Gasteiger partial charge is 0.255 e. The van der Waals surface area contributed by atoms with Gasteiger partial charge in [0.2, 0.25) is 0 Å². The van der Waals surface area contributed by atoms with Gasteiger partial charge in [-0.15, -0.1) is 0 Å². The Labute approximate surface area is 139 Å². The van der Waals surface area contributed by atoms with Gasteiger partial charge in [-0.25, -0.2) is 0 Å². The number of amides is 1. The maximum absolute atomic E-state index is 12.9. The number of ether oxygens (including phenoxy) is 1. The molecule has 0 aromatic heterocycles. The van der Waals surface area contributed by atoms with E-state index in [0.717, 1.165) is 19.3 Å². The minimum atomic E-state index is -0.0578. The van der Waals surface area contributed by atoms with Crippen LogP contribution in [0.15, 0.2) is 24.3 Å². The van der Waals surface area contributed by atoms with Crippen LogP contribution in [0.2, 0.25) is 0 Å². The number of hydrogen-bond donors (Lipinski definition) is 0. The lowest BCUT2D eigenvalue weighted by molar-refractivity contribution is -0.0962. The van der Waals surface area contributed by atoms with E-state index in [1.54, 1.807) is 18.2 Å². The van der Waals surface area contributed by atoms with Gasteiger partial charge < -0.3 is 9.64 Å². The quantitative estimate of drug-likeness (QED) is 0.834. The van der Waals surface area contributed by atoms with Crippen LogP contribution in [0.4, 0.5) is 0 Å². The zero-order valence-corrected chi connectivity index (χ0v) is 14.3. The minimum absolute atomic E-state index is 0.0578. The average molecular weight is 314 g/mol. The number of carbonyl (C=O) groups excluding carboxylic acids is 1. The summed E-state index contributed by atoms with van der Waals surface area (Å²) in [5.41, 5.74) is 0.934. The van der Waals surface area contributed by atoms with Crippen molar-refractivity contribution in [2.75, 3.05) is 13.1 Å². The van der Waals surface area contributed by atoms with Gasteiger partial charge in [-0.2, -0.15) is 5.26 Å². The van der Waals surface area contributed by atoms with Crippen molar-refractivity contribution in [1.29, 1.82) is 5.26 Å². The fraction of sp³-hybridized carbons (Fsp3) is 0.579. The maximum Gasteiger partial charge on any atom is 0.255 e. The van der Waals surface area contributed by atoms with Crippen LogP contribution >= 0.6 is 0 Å². The number of rotatable bonds is 5. The molecule has 1 fully saturated rings. The van der Waals surface area contributed by atoms with Crippen molar-refractivity contribution in [3.8, 4) is 6.07 Å². The normalized spacial score (nSPS) is 21.3. The molecule has 0 N–H and O–H groups in total. The fourth-order valence-corrected chi connectivity index (χ4v) is 2.93. The summed E-state index contributed by atoms with van der Waals surface area (Å²) in [6, 6.07) is 9.15. The standard InChI is InChI=1S/C19H26N2O2/c1-4-5-9-16-12-21(13-18(23-16)14(2)3)19(22)17-10-7-6-8-15(17)11-20/h6-8,10,14,16,18H,4-5,9,12-13H2,1-3H3/t16-,18-/m1/s1. The largest absolute Gasteiger partial charge is 0.371 e. The molecule has 1 amide bonds. The summed E-state index contributed by atoms with van der Waals surface area (Å²) < 4.78 is 6.16. The monoisotopic (exact) mass is 314 g/mol. The maximum atomic E-state index is 12.9. The summed E-state index contributed by atoms with van der Waals surface area (Å²) in [6.45, 7) is 7.62. The Balaban J connectivity index is 2.18. The third kappa shape index (κ3) is 4.33. The van der Waals surface area contributed by atoms with Gasteiger partial charge in [0.15, 0.2) is 0 Å². The van der Waals surface area contributed by atoms with E-state index in [9.17, 15) is 10.1 Å². The van der Waals surface area contributed by atoms with Gasteiger partial charge in [0.1, 0.15) is 0 Å². The highest BCUT2D eigenvalue weighted by molar-refractivity contribution is 5.96. The van der Waals surface area contributed by atoms with Crippen LogP contribution in [-0.2, 0) is 4.74 Å². The highest BCUT2D eigenvalue weighted by atomic mass is 16.5. The number of carbonyl (C=O) groups is 1. The molecule has 0 radical (unpaired) electrons. The van der Waals surface area contributed by atoms with Crippen molar-refractivity contribution >= 4 is 5.91 Å². The molecule has 4 heteroatoms. The van der Waals surface area contributed by atoms with Crippen LogP contribution in [0.5, 0.6) is 0 Å². The van der Waals surface area contributed by atoms with Crippen LogP contribution in [0.25, 0.3) is 0 Å². The third-order valence-electron chi connectivity index (χ3n) is 4.38. The number of unbranched alkanes of at least 4 members (excludes halogenated alkanes) is 1. The molecule has 0 aliphatic carbocycles. The van der Waals surface area contributed by atoms with Gasteiger partial charge in [-0.05, 0) is 24.5 Å². The van der Waals surface area contributed by atoms with Crippen molar-refractivity contribution in [1.82, 2.24) is 4.90 Å². The first-order valence-corrected chi connectivity index (χ1v) is 8.50. The second-order valence-electron chi connectivity index (χ2n) is 6.55. The lowest BCUT2D eigenvalue weighted by Crippen LogP contribution is -2.51. The van der Waals surface area contributed by atoms with Gasteiger partial charge in [0.25, 0.3) is 5.91 Å². The Kier molecular flexibility index (Phi) is 6.18. The Morgan fingerprint density at radius 3 is 2.78 bits per heavy atom. The number of benzene rings is 1. The first-order chi connectivity index (χ1) is 11.1. The Morgan fingerprint density at radius 1 is 1.39 bits per heavy atom. The molecule has 124 valence electrons. The summed E-state index contributed by atoms with van der Waals surface area (Å²) in [4.78, 5) is 14.8. The van der Waals surface area contributed by atoms with Crippen molar-refractivity contribution in [2.45, 2.75) is 52.2 Å². The van der Waals surface area contributed by atoms with E-state index in [1.807, 2.05) is 11.0 Å². The summed E-state index contributed by atoms with van der Waals surface area (Å²) in [7, 11) is 0. The second-order valence-corrected chi connectivity index (χ2v) is 6.55. The molecule has 23 heavy (non-hydrogen) atoms. The molecular formula is C19H26N2O2. The number of nitrogens with zero attached hydrogens (tertiary/aromatic N) is 2. The second kappa shape index (κ2) is 8.12. The lowest BCUT2D eigenvalue weighted by atomic mass is 10.0. The summed E-state index contributed by atoms with van der Waals surface area (Å²) >= 11 is 0. The third-order valence-corrected chi connectivity index (χ3v) is 4.38. The van der Waals surface area contributed by atoms with Gasteiger partial charge in [-0.1, -0.05) is 45.7 Å². The molecular weight excluding hydrogens is 288 g/mol. The van der Waals surface area contributed by atoms with Crippen LogP contribution in [-0.4, -0.2) is 36.1 Å². The molecule has 4 nitrogen and oxygen atoms in total. The van der Waals surface area contributed by atoms with Crippen molar-refractivity contribution in [3.05, 3.63) is 35.4 Å². The minimum Gasteiger partial charge on any atom is -0.371 e. The van der Waals surface area contributed by atoms with Crippen LogP contribution in [0, 0.1) is 17.2 Å². The summed E-state index contributed by atoms with van der Waals surface area (Å²) in [5.74, 6) is 0.304. The summed E-state index contributed by atoms with van der Waals surface area (Å²) in [5, 5.41) is 9.23.